The Balaban J connectivity index is 1.99. The van der Waals surface area contributed by atoms with Gasteiger partial charge in [-0.15, -0.1) is 0 Å². The van der Waals surface area contributed by atoms with Crippen molar-refractivity contribution in [2.45, 2.75) is 6.42 Å². The van der Waals surface area contributed by atoms with Crippen molar-refractivity contribution in [2.75, 3.05) is 19.8 Å². The summed E-state index contributed by atoms with van der Waals surface area (Å²) in [6.45, 7) is 0. The summed E-state index contributed by atoms with van der Waals surface area (Å²) < 4.78 is 0. The summed E-state index contributed by atoms with van der Waals surface area (Å²) in [7, 11) is 3.06. The Kier molecular flexibility index (Phi) is 4.27. The normalized spacial score (nSPS) is 10.2. The van der Waals surface area contributed by atoms with Gasteiger partial charge >= 0.3 is 6.09 Å². The third-order valence-electron chi connectivity index (χ3n) is 2.91. The lowest BCUT2D eigenvalue weighted by Gasteiger charge is -2.10. The minimum absolute atomic E-state index is 0.119. The van der Waals surface area contributed by atoms with E-state index in [1.807, 2.05) is 36.4 Å². The minimum atomic E-state index is -0.629. The number of fused-ring (bicyclic) bond motifs is 1. The van der Waals surface area contributed by atoms with E-state index < -0.39 is 12.0 Å². The number of anilines is 1. The van der Waals surface area contributed by atoms with Gasteiger partial charge in [-0.2, -0.15) is 5.48 Å². The summed E-state index contributed by atoms with van der Waals surface area (Å²) in [5.74, 6) is -0.393. The maximum absolute atomic E-state index is 11.7. The molecule has 0 aliphatic heterocycles. The van der Waals surface area contributed by atoms with Gasteiger partial charge in [0, 0.05) is 19.8 Å². The fraction of sp³-hybridized carbons (Fsp3) is 0.200. The fourth-order valence-electron chi connectivity index (χ4n) is 1.84. The largest absolute Gasteiger partial charge is 0.433 e. The summed E-state index contributed by atoms with van der Waals surface area (Å²) >= 11 is 0. The first-order chi connectivity index (χ1) is 9.95. The van der Waals surface area contributed by atoms with Crippen LogP contribution in [-0.2, 0) is 16.1 Å². The molecule has 6 nitrogen and oxygen atoms in total. The van der Waals surface area contributed by atoms with Gasteiger partial charge in [-0.25, -0.2) is 4.79 Å². The molecule has 2 aliphatic rings. The monoisotopic (exact) mass is 287 g/mol. The zero-order valence-electron chi connectivity index (χ0n) is 11.9. The van der Waals surface area contributed by atoms with Crippen molar-refractivity contribution in [3.63, 3.8) is 0 Å². The first kappa shape index (κ1) is 14.6. The van der Waals surface area contributed by atoms with Crippen LogP contribution in [0.15, 0.2) is 36.4 Å². The Hall–Kier alpha value is -2.76. The van der Waals surface area contributed by atoms with Gasteiger partial charge in [0.1, 0.15) is 0 Å². The second-order valence-corrected chi connectivity index (χ2v) is 4.91. The maximum Gasteiger partial charge on any atom is 0.433 e. The lowest BCUT2D eigenvalue weighted by molar-refractivity contribution is -0.129. The lowest BCUT2D eigenvalue weighted by atomic mass is 10.2. The Bertz CT molecular complexity index is 606. The Morgan fingerprint density at radius 3 is 2.24 bits per heavy atom. The molecule has 0 heterocycles. The van der Waals surface area contributed by atoms with Gasteiger partial charge < -0.3 is 15.5 Å². The highest BCUT2D eigenvalue weighted by molar-refractivity contribution is 5.80. The van der Waals surface area contributed by atoms with Crippen LogP contribution in [0.2, 0.25) is 0 Å². The van der Waals surface area contributed by atoms with E-state index in [-0.39, 0.29) is 6.42 Å². The number of hydrogen-bond acceptors (Lipinski definition) is 4. The highest BCUT2D eigenvalue weighted by Gasteiger charge is 2.09. The van der Waals surface area contributed by atoms with E-state index in [9.17, 15) is 9.59 Å². The second kappa shape index (κ2) is 6.13. The van der Waals surface area contributed by atoms with Gasteiger partial charge in [-0.05, 0) is 28.8 Å². The first-order valence-electron chi connectivity index (χ1n) is 6.41. The number of carbonyl (C=O) groups excluding carboxylic acids is 2. The van der Waals surface area contributed by atoms with Crippen LogP contribution in [0.5, 0.6) is 0 Å². The second-order valence-electron chi connectivity index (χ2n) is 4.91. The highest BCUT2D eigenvalue weighted by atomic mass is 16.7. The molecule has 0 unspecified atom stereocenters. The van der Waals surface area contributed by atoms with Gasteiger partial charge in [-0.3, -0.25) is 4.79 Å². The average molecular weight is 287 g/mol. The van der Waals surface area contributed by atoms with Gasteiger partial charge in [-0.1, -0.05) is 24.3 Å². The van der Waals surface area contributed by atoms with Crippen LogP contribution in [0.25, 0.3) is 11.1 Å². The number of nitrogens with one attached hydrogen (secondary N) is 1. The molecule has 0 spiro atoms. The van der Waals surface area contributed by atoms with Crippen LogP contribution in [-0.4, -0.2) is 31.0 Å². The van der Waals surface area contributed by atoms with Crippen LogP contribution in [0.4, 0.5) is 10.5 Å². The van der Waals surface area contributed by atoms with Gasteiger partial charge in [0.2, 0.25) is 0 Å². The number of rotatable bonds is 2. The van der Waals surface area contributed by atoms with Crippen LogP contribution in [0.3, 0.4) is 0 Å². The quantitative estimate of drug-likeness (QED) is 0.822. The molecule has 0 aromatic heterocycles. The van der Waals surface area contributed by atoms with Crippen LogP contribution in [0, 0.1) is 0 Å². The van der Waals surface area contributed by atoms with Gasteiger partial charge in [0.15, 0.2) is 0 Å². The van der Waals surface area contributed by atoms with Crippen LogP contribution in [0.1, 0.15) is 5.56 Å². The molecular formula is C15H17N3O3. The molecule has 0 saturated carbocycles. The molecule has 2 amide bonds. The van der Waals surface area contributed by atoms with Crippen LogP contribution >= 0.6 is 0 Å². The SMILES string of the molecule is CN(C)C(=O)ONC(=O)Cc1ccc2cc(N)cc-2cc1. The predicted molar refractivity (Wildman–Crippen MR) is 79.5 cm³/mol. The molecule has 2 rings (SSSR count). The first-order valence-corrected chi connectivity index (χ1v) is 6.41. The van der Waals surface area contributed by atoms with Crippen molar-refractivity contribution >= 4 is 17.7 Å². The summed E-state index contributed by atoms with van der Waals surface area (Å²) in [4.78, 5) is 28.7. The van der Waals surface area contributed by atoms with E-state index in [1.54, 1.807) is 0 Å². The van der Waals surface area contributed by atoms with Crippen molar-refractivity contribution in [3.05, 3.63) is 42.0 Å². The molecule has 21 heavy (non-hydrogen) atoms. The van der Waals surface area contributed by atoms with Crippen LogP contribution < -0.4 is 11.2 Å². The summed E-state index contributed by atoms with van der Waals surface area (Å²) in [5, 5.41) is 0. The maximum atomic E-state index is 11.7. The molecule has 0 saturated heterocycles. The topological polar surface area (TPSA) is 84.7 Å². The molecule has 0 atom stereocenters. The molecule has 110 valence electrons. The minimum Gasteiger partial charge on any atom is -0.399 e. The van der Waals surface area contributed by atoms with E-state index in [1.165, 1.54) is 19.0 Å². The molecule has 0 radical (unpaired) electrons. The number of hydrogen-bond donors (Lipinski definition) is 2. The molecular weight excluding hydrogens is 270 g/mol. The Morgan fingerprint density at radius 1 is 1.14 bits per heavy atom. The summed E-state index contributed by atoms with van der Waals surface area (Å²) in [5.41, 5.74) is 11.4. The molecule has 2 aliphatic carbocycles. The highest BCUT2D eigenvalue weighted by Crippen LogP contribution is 2.26. The third kappa shape index (κ3) is 3.85. The zero-order valence-corrected chi connectivity index (χ0v) is 11.9. The summed E-state index contributed by atoms with van der Waals surface area (Å²) in [6.07, 6.45) is -0.510. The molecule has 0 aromatic carbocycles. The van der Waals surface area contributed by atoms with Gasteiger partial charge in [0.05, 0.1) is 6.42 Å². The van der Waals surface area contributed by atoms with Crippen molar-refractivity contribution in [1.82, 2.24) is 10.4 Å². The van der Waals surface area contributed by atoms with E-state index >= 15 is 0 Å². The van der Waals surface area contributed by atoms with E-state index in [4.69, 9.17) is 5.73 Å². The zero-order chi connectivity index (χ0) is 15.4. The predicted octanol–water partition coefficient (Wildman–Crippen LogP) is 1.65. The molecule has 3 N–H and O–H groups in total. The molecule has 6 heteroatoms. The average Bonchev–Trinajstić information content (AvgIpc) is 2.69. The summed E-state index contributed by atoms with van der Waals surface area (Å²) in [6, 6.07) is 11.2. The fourth-order valence-corrected chi connectivity index (χ4v) is 1.84. The van der Waals surface area contributed by atoms with Crippen molar-refractivity contribution in [2.24, 2.45) is 0 Å². The molecule has 0 fully saturated rings. The standard InChI is InChI=1S/C15H17N3O3/c1-18(2)15(20)21-17-14(19)7-10-3-5-11-8-13(16)9-12(11)6-4-10/h3-6,8-9H,7,16H2,1-2H3,(H,17,19). The van der Waals surface area contributed by atoms with E-state index in [2.05, 4.69) is 10.3 Å². The number of nitrogens with two attached hydrogens (primary N) is 1. The van der Waals surface area contributed by atoms with Crippen molar-refractivity contribution < 1.29 is 14.4 Å². The number of hydroxylamine groups is 1. The number of carbonyl (C=O) groups is 2. The van der Waals surface area contributed by atoms with Gasteiger partial charge in [0.25, 0.3) is 5.91 Å². The number of nitrogen functional groups attached to an aromatic ring is 1. The Labute approximate surface area is 122 Å². The van der Waals surface area contributed by atoms with Crippen molar-refractivity contribution in [3.8, 4) is 11.1 Å². The molecule has 0 aromatic rings. The van der Waals surface area contributed by atoms with E-state index in [0.717, 1.165) is 16.7 Å². The lowest BCUT2D eigenvalue weighted by Crippen LogP contribution is -2.33. The van der Waals surface area contributed by atoms with Crippen molar-refractivity contribution in [1.29, 1.82) is 0 Å². The Morgan fingerprint density at radius 2 is 1.71 bits per heavy atom. The van der Waals surface area contributed by atoms with E-state index in [0.29, 0.717) is 5.69 Å². The third-order valence-corrected chi connectivity index (χ3v) is 2.91. The number of nitrogens with zero attached hydrogens (tertiary/aromatic N) is 1. The number of amides is 2. The molecule has 0 bridgehead atoms. The smallest absolute Gasteiger partial charge is 0.399 e.